The number of hydrogen-bond acceptors (Lipinski definition) is 4. The van der Waals surface area contributed by atoms with Crippen molar-refractivity contribution in [2.24, 2.45) is 0 Å². The Balaban J connectivity index is 2.52. The number of rotatable bonds is 4. The van der Waals surface area contributed by atoms with Crippen molar-refractivity contribution in [3.05, 3.63) is 52.1 Å². The van der Waals surface area contributed by atoms with Crippen LogP contribution < -0.4 is 0 Å². The minimum absolute atomic E-state index is 0.147. The summed E-state index contributed by atoms with van der Waals surface area (Å²) in [6, 6.07) is 1.71. The first-order valence-electron chi connectivity index (χ1n) is 7.47. The van der Waals surface area contributed by atoms with Gasteiger partial charge in [-0.2, -0.15) is 4.31 Å². The van der Waals surface area contributed by atoms with Gasteiger partial charge in [-0.15, -0.1) is 0 Å². The third kappa shape index (κ3) is 3.14. The van der Waals surface area contributed by atoms with Crippen LogP contribution in [-0.4, -0.2) is 29.7 Å². The molecule has 1 aromatic carbocycles. The van der Waals surface area contributed by atoms with Crippen molar-refractivity contribution in [3.63, 3.8) is 0 Å². The van der Waals surface area contributed by atoms with E-state index in [1.54, 1.807) is 25.5 Å². The van der Waals surface area contributed by atoms with Gasteiger partial charge < -0.3 is 0 Å². The molecular weight excluding hydrogens is 310 g/mol. The fraction of sp³-hybridized carbons (Fsp3) is 0.412. The summed E-state index contributed by atoms with van der Waals surface area (Å²) in [7, 11) is -2.04. The molecule has 0 aliphatic rings. The summed E-state index contributed by atoms with van der Waals surface area (Å²) < 4.78 is 27.4. The molecule has 0 amide bonds. The van der Waals surface area contributed by atoms with E-state index in [9.17, 15) is 8.42 Å². The maximum Gasteiger partial charge on any atom is 0.243 e. The predicted molar refractivity (Wildman–Crippen MR) is 90.8 cm³/mol. The molecule has 0 aliphatic heterocycles. The molecule has 0 unspecified atom stereocenters. The van der Waals surface area contributed by atoms with Crippen molar-refractivity contribution in [1.29, 1.82) is 0 Å². The zero-order chi connectivity index (χ0) is 17.4. The van der Waals surface area contributed by atoms with Crippen LogP contribution in [0.3, 0.4) is 0 Å². The SMILES string of the molecule is Cc1c(C)c(C)c(S(=O)(=O)N(C)Cc2ncccn2)c(C)c1C. The van der Waals surface area contributed by atoms with Crippen LogP contribution in [0, 0.1) is 34.6 Å². The maximum atomic E-state index is 13.1. The molecule has 6 heteroatoms. The number of benzene rings is 1. The van der Waals surface area contributed by atoms with Crippen LogP contribution in [0.25, 0.3) is 0 Å². The normalized spacial score (nSPS) is 12.0. The molecule has 2 rings (SSSR count). The van der Waals surface area contributed by atoms with E-state index in [0.29, 0.717) is 10.7 Å². The third-order valence-electron chi connectivity index (χ3n) is 4.58. The summed E-state index contributed by atoms with van der Waals surface area (Å²) in [5.74, 6) is 0.481. The number of hydrogen-bond donors (Lipinski definition) is 0. The van der Waals surface area contributed by atoms with Gasteiger partial charge in [0.2, 0.25) is 10.0 Å². The van der Waals surface area contributed by atoms with Gasteiger partial charge in [-0.05, 0) is 68.5 Å². The highest BCUT2D eigenvalue weighted by atomic mass is 32.2. The molecule has 23 heavy (non-hydrogen) atoms. The second-order valence-corrected chi connectivity index (χ2v) is 7.86. The lowest BCUT2D eigenvalue weighted by molar-refractivity contribution is 0.455. The van der Waals surface area contributed by atoms with E-state index in [2.05, 4.69) is 9.97 Å². The maximum absolute atomic E-state index is 13.1. The monoisotopic (exact) mass is 333 g/mol. The lowest BCUT2D eigenvalue weighted by Crippen LogP contribution is -2.29. The molecule has 1 heterocycles. The predicted octanol–water partition coefficient (Wildman–Crippen LogP) is 2.84. The second-order valence-electron chi connectivity index (χ2n) is 5.88. The van der Waals surface area contributed by atoms with Gasteiger partial charge in [-0.3, -0.25) is 0 Å². The first-order valence-corrected chi connectivity index (χ1v) is 8.91. The molecule has 0 spiro atoms. The summed E-state index contributed by atoms with van der Waals surface area (Å²) in [6.45, 7) is 9.85. The van der Waals surface area contributed by atoms with E-state index < -0.39 is 10.0 Å². The quantitative estimate of drug-likeness (QED) is 0.863. The standard InChI is InChI=1S/C17H23N3O2S/c1-11-12(2)14(4)17(15(5)13(11)3)23(21,22)20(6)10-16-18-8-7-9-19-16/h7-9H,10H2,1-6H3. The second kappa shape index (κ2) is 6.37. The van der Waals surface area contributed by atoms with Crippen LogP contribution in [0.5, 0.6) is 0 Å². The molecule has 0 aliphatic carbocycles. The van der Waals surface area contributed by atoms with Crippen molar-refractivity contribution in [3.8, 4) is 0 Å². The van der Waals surface area contributed by atoms with Crippen molar-refractivity contribution < 1.29 is 8.42 Å². The Hall–Kier alpha value is -1.79. The van der Waals surface area contributed by atoms with Gasteiger partial charge in [0.1, 0.15) is 5.82 Å². The molecule has 1 aromatic heterocycles. The van der Waals surface area contributed by atoms with E-state index in [1.807, 2.05) is 34.6 Å². The van der Waals surface area contributed by atoms with Gasteiger partial charge in [0.25, 0.3) is 0 Å². The summed E-state index contributed by atoms with van der Waals surface area (Å²) in [5, 5.41) is 0. The molecule has 0 fully saturated rings. The lowest BCUT2D eigenvalue weighted by Gasteiger charge is -2.23. The van der Waals surface area contributed by atoms with Gasteiger partial charge in [-0.1, -0.05) is 0 Å². The highest BCUT2D eigenvalue weighted by Crippen LogP contribution is 2.31. The first kappa shape index (κ1) is 17.6. The average molecular weight is 333 g/mol. The van der Waals surface area contributed by atoms with Crippen LogP contribution in [0.15, 0.2) is 23.4 Å². The molecule has 0 atom stereocenters. The summed E-state index contributed by atoms with van der Waals surface area (Å²) in [4.78, 5) is 8.61. The minimum atomic E-state index is -3.61. The Morgan fingerprint density at radius 1 is 0.870 bits per heavy atom. The Kier molecular flexibility index (Phi) is 4.87. The van der Waals surface area contributed by atoms with Gasteiger partial charge in [0, 0.05) is 19.4 Å². The van der Waals surface area contributed by atoms with E-state index in [1.165, 1.54) is 4.31 Å². The zero-order valence-corrected chi connectivity index (χ0v) is 15.3. The van der Waals surface area contributed by atoms with Crippen LogP contribution in [0.1, 0.15) is 33.6 Å². The number of nitrogens with zero attached hydrogens (tertiary/aromatic N) is 3. The van der Waals surface area contributed by atoms with Gasteiger partial charge in [0.15, 0.2) is 0 Å². The Labute approximate surface area is 138 Å². The number of aromatic nitrogens is 2. The molecule has 124 valence electrons. The summed E-state index contributed by atoms with van der Waals surface area (Å²) in [5.41, 5.74) is 4.82. The molecule has 5 nitrogen and oxygen atoms in total. The van der Waals surface area contributed by atoms with Crippen LogP contribution in [-0.2, 0) is 16.6 Å². The Bertz CT molecular complexity index is 802. The molecule has 0 saturated carbocycles. The lowest BCUT2D eigenvalue weighted by atomic mass is 9.95. The van der Waals surface area contributed by atoms with E-state index >= 15 is 0 Å². The Morgan fingerprint density at radius 2 is 1.30 bits per heavy atom. The van der Waals surface area contributed by atoms with Crippen molar-refractivity contribution in [1.82, 2.24) is 14.3 Å². The molecule has 0 radical (unpaired) electrons. The first-order chi connectivity index (χ1) is 10.7. The minimum Gasteiger partial charge on any atom is -0.240 e. The van der Waals surface area contributed by atoms with Crippen LogP contribution in [0.2, 0.25) is 0 Å². The molecular formula is C17H23N3O2S. The molecule has 0 saturated heterocycles. The highest BCUT2D eigenvalue weighted by molar-refractivity contribution is 7.89. The van der Waals surface area contributed by atoms with E-state index in [4.69, 9.17) is 0 Å². The van der Waals surface area contributed by atoms with Crippen LogP contribution in [0.4, 0.5) is 0 Å². The van der Waals surface area contributed by atoms with E-state index in [-0.39, 0.29) is 6.54 Å². The summed E-state index contributed by atoms with van der Waals surface area (Å²) in [6.07, 6.45) is 3.22. The fourth-order valence-corrected chi connectivity index (χ4v) is 4.38. The molecule has 0 N–H and O–H groups in total. The number of sulfonamides is 1. The van der Waals surface area contributed by atoms with E-state index in [0.717, 1.165) is 27.8 Å². The smallest absolute Gasteiger partial charge is 0.240 e. The third-order valence-corrected chi connectivity index (χ3v) is 6.66. The molecule has 0 bridgehead atoms. The molecule has 2 aromatic rings. The van der Waals surface area contributed by atoms with Crippen molar-refractivity contribution in [2.75, 3.05) is 7.05 Å². The zero-order valence-electron chi connectivity index (χ0n) is 14.5. The van der Waals surface area contributed by atoms with Crippen LogP contribution >= 0.6 is 0 Å². The van der Waals surface area contributed by atoms with Gasteiger partial charge in [-0.25, -0.2) is 18.4 Å². The average Bonchev–Trinajstić information content (AvgIpc) is 2.52. The van der Waals surface area contributed by atoms with Crippen molar-refractivity contribution in [2.45, 2.75) is 46.1 Å². The topological polar surface area (TPSA) is 63.2 Å². The largest absolute Gasteiger partial charge is 0.243 e. The van der Waals surface area contributed by atoms with Gasteiger partial charge in [0.05, 0.1) is 11.4 Å². The summed E-state index contributed by atoms with van der Waals surface area (Å²) >= 11 is 0. The highest BCUT2D eigenvalue weighted by Gasteiger charge is 2.28. The fourth-order valence-electron chi connectivity index (χ4n) is 2.70. The van der Waals surface area contributed by atoms with Gasteiger partial charge >= 0.3 is 0 Å². The van der Waals surface area contributed by atoms with Crippen molar-refractivity contribution >= 4 is 10.0 Å². The Morgan fingerprint density at radius 3 is 1.78 bits per heavy atom.